The maximum Gasteiger partial charge on any atom is 0.416 e. The Morgan fingerprint density at radius 3 is 2.73 bits per heavy atom. The molecule has 122 valence electrons. The van der Waals surface area contributed by atoms with E-state index in [-0.39, 0.29) is 12.0 Å². The Morgan fingerprint density at radius 2 is 2.14 bits per heavy atom. The van der Waals surface area contributed by atoms with Crippen LogP contribution >= 0.6 is 0 Å². The molecule has 7 heteroatoms. The van der Waals surface area contributed by atoms with Crippen LogP contribution in [0, 0.1) is 11.7 Å². The van der Waals surface area contributed by atoms with Gasteiger partial charge in [0.1, 0.15) is 5.82 Å². The van der Waals surface area contributed by atoms with E-state index in [2.05, 4.69) is 10.6 Å². The standard InChI is InChI=1S/C15H18F4N2O/c1-9(10-3-2-6-20-8-10)21-14(22)12-7-11(15(17,18)19)4-5-13(12)16/h4-5,7,9-10,20H,2-3,6,8H2,1H3,(H,21,22). The van der Waals surface area contributed by atoms with Gasteiger partial charge in [0.05, 0.1) is 11.1 Å². The van der Waals surface area contributed by atoms with E-state index in [9.17, 15) is 22.4 Å². The van der Waals surface area contributed by atoms with Gasteiger partial charge in [-0.3, -0.25) is 4.79 Å². The van der Waals surface area contributed by atoms with Crippen molar-refractivity contribution in [1.82, 2.24) is 10.6 Å². The summed E-state index contributed by atoms with van der Waals surface area (Å²) >= 11 is 0. The summed E-state index contributed by atoms with van der Waals surface area (Å²) in [6, 6.07) is 1.61. The molecule has 1 aliphatic rings. The van der Waals surface area contributed by atoms with Gasteiger partial charge >= 0.3 is 6.18 Å². The van der Waals surface area contributed by atoms with Gasteiger partial charge in [-0.2, -0.15) is 13.2 Å². The molecular formula is C15H18F4N2O. The SMILES string of the molecule is CC(NC(=O)c1cc(C(F)(F)F)ccc1F)C1CCCNC1. The first-order chi connectivity index (χ1) is 10.3. The Labute approximate surface area is 126 Å². The van der Waals surface area contributed by atoms with E-state index in [0.29, 0.717) is 18.2 Å². The van der Waals surface area contributed by atoms with Crippen LogP contribution in [0.3, 0.4) is 0 Å². The lowest BCUT2D eigenvalue weighted by Gasteiger charge is -2.29. The molecule has 0 saturated carbocycles. The number of carbonyl (C=O) groups excluding carboxylic acids is 1. The van der Waals surface area contributed by atoms with Crippen LogP contribution in [0.5, 0.6) is 0 Å². The van der Waals surface area contributed by atoms with Crippen molar-refractivity contribution in [2.24, 2.45) is 5.92 Å². The minimum atomic E-state index is -4.61. The highest BCUT2D eigenvalue weighted by Gasteiger charge is 2.32. The maximum atomic E-state index is 13.7. The summed E-state index contributed by atoms with van der Waals surface area (Å²) in [4.78, 5) is 12.1. The van der Waals surface area contributed by atoms with Gasteiger partial charge in [-0.05, 0) is 57.0 Å². The topological polar surface area (TPSA) is 41.1 Å². The predicted molar refractivity (Wildman–Crippen MR) is 73.9 cm³/mol. The van der Waals surface area contributed by atoms with E-state index < -0.39 is 29.0 Å². The number of rotatable bonds is 3. The van der Waals surface area contributed by atoms with Crippen LogP contribution in [0.15, 0.2) is 18.2 Å². The largest absolute Gasteiger partial charge is 0.416 e. The normalized spacial score (nSPS) is 20.5. The molecule has 0 aromatic heterocycles. The smallest absolute Gasteiger partial charge is 0.349 e. The summed E-state index contributed by atoms with van der Waals surface area (Å²) in [5.41, 5.74) is -1.61. The molecular weight excluding hydrogens is 300 g/mol. The van der Waals surface area contributed by atoms with Gasteiger partial charge in [-0.25, -0.2) is 4.39 Å². The Balaban J connectivity index is 2.11. The molecule has 2 atom stereocenters. The van der Waals surface area contributed by atoms with Crippen LogP contribution in [0.4, 0.5) is 17.6 Å². The fourth-order valence-electron chi connectivity index (χ4n) is 2.58. The maximum absolute atomic E-state index is 13.7. The number of hydrogen-bond donors (Lipinski definition) is 2. The zero-order chi connectivity index (χ0) is 16.3. The molecule has 2 unspecified atom stereocenters. The molecule has 3 nitrogen and oxygen atoms in total. The minimum Gasteiger partial charge on any atom is -0.349 e. The summed E-state index contributed by atoms with van der Waals surface area (Å²) in [6.45, 7) is 3.42. The van der Waals surface area contributed by atoms with Crippen molar-refractivity contribution in [3.63, 3.8) is 0 Å². The van der Waals surface area contributed by atoms with Crippen molar-refractivity contribution in [3.8, 4) is 0 Å². The second-order valence-corrected chi connectivity index (χ2v) is 5.56. The lowest BCUT2D eigenvalue weighted by atomic mass is 9.92. The molecule has 1 aromatic carbocycles. The zero-order valence-corrected chi connectivity index (χ0v) is 12.1. The molecule has 1 amide bonds. The van der Waals surface area contributed by atoms with Gasteiger partial charge in [0.2, 0.25) is 0 Å². The number of carbonyl (C=O) groups is 1. The van der Waals surface area contributed by atoms with Crippen molar-refractivity contribution in [2.45, 2.75) is 32.0 Å². The number of benzene rings is 1. The van der Waals surface area contributed by atoms with E-state index in [1.165, 1.54) is 0 Å². The zero-order valence-electron chi connectivity index (χ0n) is 12.1. The highest BCUT2D eigenvalue weighted by molar-refractivity contribution is 5.94. The van der Waals surface area contributed by atoms with Gasteiger partial charge in [0.25, 0.3) is 5.91 Å². The van der Waals surface area contributed by atoms with Gasteiger partial charge in [0.15, 0.2) is 0 Å². The van der Waals surface area contributed by atoms with Crippen molar-refractivity contribution in [3.05, 3.63) is 35.1 Å². The molecule has 22 heavy (non-hydrogen) atoms. The molecule has 2 rings (SSSR count). The molecule has 0 aliphatic carbocycles. The van der Waals surface area contributed by atoms with Crippen LogP contribution < -0.4 is 10.6 Å². The van der Waals surface area contributed by atoms with Crippen molar-refractivity contribution < 1.29 is 22.4 Å². The van der Waals surface area contributed by atoms with E-state index in [4.69, 9.17) is 0 Å². The molecule has 0 radical (unpaired) electrons. The molecule has 1 fully saturated rings. The van der Waals surface area contributed by atoms with Crippen molar-refractivity contribution in [2.75, 3.05) is 13.1 Å². The first-order valence-electron chi connectivity index (χ1n) is 7.17. The fourth-order valence-corrected chi connectivity index (χ4v) is 2.58. The first-order valence-corrected chi connectivity index (χ1v) is 7.17. The molecule has 0 bridgehead atoms. The highest BCUT2D eigenvalue weighted by atomic mass is 19.4. The van der Waals surface area contributed by atoms with Crippen LogP contribution in [0.25, 0.3) is 0 Å². The number of halogens is 4. The molecule has 1 aromatic rings. The van der Waals surface area contributed by atoms with Gasteiger partial charge in [-0.1, -0.05) is 0 Å². The van der Waals surface area contributed by atoms with Gasteiger partial charge in [0, 0.05) is 6.04 Å². The van der Waals surface area contributed by atoms with Crippen LogP contribution in [-0.2, 0) is 6.18 Å². The molecule has 1 heterocycles. The minimum absolute atomic E-state index is 0.187. The number of nitrogens with one attached hydrogen (secondary N) is 2. The molecule has 1 saturated heterocycles. The number of piperidine rings is 1. The Morgan fingerprint density at radius 1 is 1.41 bits per heavy atom. The highest BCUT2D eigenvalue weighted by Crippen LogP contribution is 2.30. The summed E-state index contributed by atoms with van der Waals surface area (Å²) < 4.78 is 51.6. The van der Waals surface area contributed by atoms with Gasteiger partial charge < -0.3 is 10.6 Å². The second-order valence-electron chi connectivity index (χ2n) is 5.56. The number of hydrogen-bond acceptors (Lipinski definition) is 2. The van der Waals surface area contributed by atoms with Crippen molar-refractivity contribution in [1.29, 1.82) is 0 Å². The summed E-state index contributed by atoms with van der Waals surface area (Å²) in [5, 5.41) is 5.79. The number of alkyl halides is 3. The molecule has 2 N–H and O–H groups in total. The average molecular weight is 318 g/mol. The summed E-state index contributed by atoms with van der Waals surface area (Å²) in [7, 11) is 0. The Bertz CT molecular complexity index is 539. The molecule has 1 aliphatic heterocycles. The Hall–Kier alpha value is -1.63. The quantitative estimate of drug-likeness (QED) is 0.841. The average Bonchev–Trinajstić information content (AvgIpc) is 2.47. The van der Waals surface area contributed by atoms with Crippen LogP contribution in [0.1, 0.15) is 35.7 Å². The monoisotopic (exact) mass is 318 g/mol. The third-order valence-electron chi connectivity index (χ3n) is 3.94. The van der Waals surface area contributed by atoms with Gasteiger partial charge in [-0.15, -0.1) is 0 Å². The summed E-state index contributed by atoms with van der Waals surface area (Å²) in [6.07, 6.45) is -2.72. The third-order valence-corrected chi connectivity index (χ3v) is 3.94. The number of amides is 1. The van der Waals surface area contributed by atoms with E-state index in [1.807, 2.05) is 0 Å². The van der Waals surface area contributed by atoms with Crippen LogP contribution in [-0.4, -0.2) is 25.0 Å². The lowest BCUT2D eigenvalue weighted by molar-refractivity contribution is -0.137. The van der Waals surface area contributed by atoms with Crippen LogP contribution in [0.2, 0.25) is 0 Å². The second kappa shape index (κ2) is 6.64. The third kappa shape index (κ3) is 3.97. The van der Waals surface area contributed by atoms with E-state index >= 15 is 0 Å². The predicted octanol–water partition coefficient (Wildman–Crippen LogP) is 2.96. The van der Waals surface area contributed by atoms with E-state index in [1.54, 1.807) is 6.92 Å². The van der Waals surface area contributed by atoms with E-state index in [0.717, 1.165) is 25.9 Å². The van der Waals surface area contributed by atoms with Crippen molar-refractivity contribution >= 4 is 5.91 Å². The Kier molecular flexibility index (Phi) is 5.05. The molecule has 0 spiro atoms. The first kappa shape index (κ1) is 16.7. The lowest BCUT2D eigenvalue weighted by Crippen LogP contribution is -2.44. The fraction of sp³-hybridized carbons (Fsp3) is 0.533. The summed E-state index contributed by atoms with van der Waals surface area (Å²) in [5.74, 6) is -1.59.